The maximum absolute atomic E-state index is 17.0. The first-order valence-electron chi connectivity index (χ1n) is 36.7. The number of carboxylic acids is 1. The Labute approximate surface area is 664 Å². The molecule has 3 aliphatic rings. The number of H-pyrrole nitrogens is 1. The number of halogens is 10. The highest BCUT2D eigenvalue weighted by Crippen LogP contribution is 2.48. The fraction of sp³-hybridized carbons (Fsp3) is 0.462. The zero-order chi connectivity index (χ0) is 85.6. The number of aliphatic carboxylic acids is 1. The van der Waals surface area contributed by atoms with Crippen LogP contribution in [-0.2, 0) is 78.7 Å². The number of anilines is 1. The number of esters is 1. The van der Waals surface area contributed by atoms with Crippen LogP contribution in [0.4, 0.5) is 59.4 Å². The molecule has 3 fully saturated rings. The monoisotopic (exact) mass is 1670 g/mol. The molecule has 8 N–H and O–H groups in total. The standard InChI is InChI=1S/C78H87F10N12O16P/c1-42-24-48(31-63(102)92-59(69(105)106)29-49-35-89-58-13-11-10-12-53(49)58)65(61(25-42)116-117(109,110)111)74(2,3)32-64(103)115-62(39-98(96-68(104)67(94-73(108)113-9)76(6,7)78(86,87)88)38-54-55(79)27-46(28-56(54)80)57-22-23-99(95-57)70(81)82)47(30-60(101)66(93-72(107)112-8)75(4,5)77(83,84)85)26-44-17-14-43(15-18-44)16-19-45-33-90-71(91-34-45)97-36-50-20-21-51(37-97)100(50)52-40-114-41-52/h10-15,17-18,22-25,27-28,33-35,47,50-52,59,62,66-67,70,89H,20-21,26,29-32,36-41H2,1-9H3,(H,92,102)(H,93,107)(H,94,108)(H,96,104)(H,105,106)(H2,109,110,111)/t47-,50?,51?,59?,62+,66-,67-/m1/s1. The van der Waals surface area contributed by atoms with Crippen molar-refractivity contribution in [3.63, 3.8) is 0 Å². The molecule has 28 nitrogen and oxygen atoms in total. The number of hydrogen-bond acceptors (Lipinski definition) is 19. The third-order valence-corrected chi connectivity index (χ3v) is 21.5. The van der Waals surface area contributed by atoms with Gasteiger partial charge in [0.1, 0.15) is 41.6 Å². The van der Waals surface area contributed by atoms with Gasteiger partial charge in [-0.1, -0.05) is 62.1 Å². The molecular formula is C78H87F10N12O16P. The number of carbonyl (C=O) groups excluding carboxylic acids is 6. The first kappa shape index (κ1) is 88.7. The number of carbonyl (C=O) groups is 7. The minimum absolute atomic E-state index is 0.138. The van der Waals surface area contributed by atoms with Crippen LogP contribution >= 0.6 is 7.82 Å². The molecule has 4 amide bonds. The number of phosphoric ester groups is 1. The van der Waals surface area contributed by atoms with E-state index < -0.39 is 188 Å². The van der Waals surface area contributed by atoms with Gasteiger partial charge in [-0.25, -0.2) is 47.4 Å². The maximum atomic E-state index is 17.0. The van der Waals surface area contributed by atoms with E-state index in [1.807, 2.05) is 5.32 Å². The average molecular weight is 1670 g/mol. The van der Waals surface area contributed by atoms with Crippen molar-refractivity contribution < 1.29 is 120 Å². The van der Waals surface area contributed by atoms with E-state index in [4.69, 9.17) is 14.0 Å². The second-order valence-electron chi connectivity index (χ2n) is 30.8. The molecule has 0 aliphatic carbocycles. The molecule has 2 bridgehead atoms. The van der Waals surface area contributed by atoms with Crippen molar-refractivity contribution in [2.24, 2.45) is 16.7 Å². The van der Waals surface area contributed by atoms with Gasteiger partial charge in [0.05, 0.1) is 74.9 Å². The molecule has 6 heterocycles. The molecule has 3 unspecified atom stereocenters. The molecule has 7 atom stereocenters. The van der Waals surface area contributed by atoms with Crippen molar-refractivity contribution in [2.45, 2.75) is 167 Å². The number of ether oxygens (including phenoxy) is 4. The first-order valence-corrected chi connectivity index (χ1v) is 38.3. The zero-order valence-electron chi connectivity index (χ0n) is 64.7. The second-order valence-corrected chi connectivity index (χ2v) is 31.9. The van der Waals surface area contributed by atoms with E-state index >= 15 is 44.7 Å². The number of phosphoric acid groups is 1. The number of aromatic nitrogens is 5. The van der Waals surface area contributed by atoms with Crippen molar-refractivity contribution in [1.82, 2.24) is 56.0 Å². The number of fused-ring (bicyclic) bond motifs is 3. The Morgan fingerprint density at radius 3 is 1.92 bits per heavy atom. The minimum Gasteiger partial charge on any atom is -0.480 e. The van der Waals surface area contributed by atoms with Crippen molar-refractivity contribution in [3.05, 3.63) is 160 Å². The van der Waals surface area contributed by atoms with Crippen molar-refractivity contribution in [3.8, 4) is 28.8 Å². The Morgan fingerprint density at radius 1 is 0.761 bits per heavy atom. The summed E-state index contributed by atoms with van der Waals surface area (Å²) in [6.45, 7) is 2.92. The van der Waals surface area contributed by atoms with Crippen molar-refractivity contribution >= 4 is 66.4 Å². The molecule has 0 radical (unpaired) electrons. The number of carboxylic acid groups (broad SMARTS) is 1. The lowest BCUT2D eigenvalue weighted by Gasteiger charge is -2.47. The number of alkyl carbamates (subject to hydrolysis) is 2. The summed E-state index contributed by atoms with van der Waals surface area (Å²) in [5, 5.41) is 21.3. The van der Waals surface area contributed by atoms with Gasteiger partial charge in [-0.15, -0.1) is 0 Å². The Balaban J connectivity index is 1.08. The number of nitrogens with zero attached hydrogens (tertiary/aromatic N) is 7. The van der Waals surface area contributed by atoms with E-state index in [1.54, 1.807) is 35.8 Å². The molecule has 10 rings (SSSR count). The number of benzene rings is 4. The Bertz CT molecular complexity index is 4890. The fourth-order valence-electron chi connectivity index (χ4n) is 14.7. The number of para-hydroxylation sites is 1. The predicted molar refractivity (Wildman–Crippen MR) is 399 cm³/mol. The summed E-state index contributed by atoms with van der Waals surface area (Å²) in [7, 11) is -4.13. The Morgan fingerprint density at radius 2 is 1.36 bits per heavy atom. The highest BCUT2D eigenvalue weighted by Gasteiger charge is 2.58. The number of ketones is 1. The number of aryl methyl sites for hydroxylation is 1. The normalized spacial score (nSPS) is 16.9. The molecule has 4 aromatic carbocycles. The molecule has 3 aromatic heterocycles. The van der Waals surface area contributed by atoms with Crippen LogP contribution in [0.25, 0.3) is 22.2 Å². The maximum Gasteiger partial charge on any atom is 0.524 e. The summed E-state index contributed by atoms with van der Waals surface area (Å²) >= 11 is 0. The van der Waals surface area contributed by atoms with Crippen molar-refractivity contribution in [2.75, 3.05) is 52.0 Å². The summed E-state index contributed by atoms with van der Waals surface area (Å²) in [6, 6.07) is 11.3. The summed E-state index contributed by atoms with van der Waals surface area (Å²) in [4.78, 5) is 137. The van der Waals surface area contributed by atoms with Gasteiger partial charge in [-0.3, -0.25) is 39.3 Å². The topological polar surface area (TPSA) is 361 Å². The third-order valence-electron chi connectivity index (χ3n) is 21.1. The molecule has 117 heavy (non-hydrogen) atoms. The minimum atomic E-state index is -5.63. The van der Waals surface area contributed by atoms with Crippen LogP contribution in [0.15, 0.2) is 104 Å². The number of Topliss-reactive ketones (excluding diaryl/α,β-unsaturated/α-hetero) is 1. The lowest BCUT2D eigenvalue weighted by Crippen LogP contribution is -2.62. The molecule has 7 aromatic rings. The van der Waals surface area contributed by atoms with Gasteiger partial charge in [0, 0.05) is 114 Å². The van der Waals surface area contributed by atoms with Crippen LogP contribution in [0.1, 0.15) is 118 Å². The largest absolute Gasteiger partial charge is 0.524 e. The average Bonchev–Trinajstić information content (AvgIpc) is 1.66. The second kappa shape index (κ2) is 36.0. The smallest absolute Gasteiger partial charge is 0.480 e. The van der Waals surface area contributed by atoms with E-state index in [-0.39, 0.29) is 33.4 Å². The van der Waals surface area contributed by atoms with Crippen LogP contribution < -0.4 is 30.8 Å². The van der Waals surface area contributed by atoms with E-state index in [1.165, 1.54) is 63.5 Å². The summed E-state index contributed by atoms with van der Waals surface area (Å²) in [5.41, 5.74) is -6.64. The zero-order valence-corrected chi connectivity index (χ0v) is 65.6. The van der Waals surface area contributed by atoms with Gasteiger partial charge >= 0.3 is 50.8 Å². The lowest BCUT2D eigenvalue weighted by atomic mass is 9.77. The van der Waals surface area contributed by atoms with Crippen LogP contribution in [0.5, 0.6) is 5.75 Å². The molecule has 3 saturated heterocycles. The summed E-state index contributed by atoms with van der Waals surface area (Å²) in [5.74, 6) is -6.40. The molecular weight excluding hydrogens is 1580 g/mol. The van der Waals surface area contributed by atoms with Gasteiger partial charge in [0.25, 0.3) is 5.91 Å². The van der Waals surface area contributed by atoms with Gasteiger partial charge < -0.3 is 54.4 Å². The molecule has 39 heteroatoms. The van der Waals surface area contributed by atoms with Crippen LogP contribution in [0.2, 0.25) is 0 Å². The lowest BCUT2D eigenvalue weighted by molar-refractivity contribution is -0.221. The number of methoxy groups -OCH3 is 2. The number of aromatic amines is 1. The first-order chi connectivity index (χ1) is 54.8. The number of hydrazine groups is 1. The van der Waals surface area contributed by atoms with E-state index in [2.05, 4.69) is 61.9 Å². The molecule has 0 spiro atoms. The summed E-state index contributed by atoms with van der Waals surface area (Å²) in [6.07, 6.45) is -12.7. The van der Waals surface area contributed by atoms with E-state index in [9.17, 15) is 52.2 Å². The van der Waals surface area contributed by atoms with Crippen molar-refractivity contribution in [1.29, 1.82) is 0 Å². The number of hydrogen-bond donors (Lipinski definition) is 8. The predicted octanol–water partition coefficient (Wildman–Crippen LogP) is 10.6. The SMILES string of the molecule is COC(=O)N[C@H](C(=O)C[C@@H](Cc1ccc(C#Cc2cnc(N3CC4CCC(C3)N4C3COC3)nc2)cc1)[C@H](CN(Cc1c(F)cc(-c2ccn(C(F)F)n2)cc1F)NC(=O)[C@@H](NC(=O)OC)C(C)(C)C(F)(F)F)OC(=O)CC(C)(C)c1c(CC(=O)NC(Cc2c[nH]c3ccccc23)C(=O)O)cc(C)cc1OP(=O)(O)O)C(C)(C)C(F)(F)F. The number of nitrogens with one attached hydrogen (secondary N) is 5. The third kappa shape index (κ3) is 21.6. The number of piperazine rings is 1. The van der Waals surface area contributed by atoms with Crippen LogP contribution in [0.3, 0.4) is 0 Å². The molecule has 3 aliphatic heterocycles. The highest BCUT2D eigenvalue weighted by molar-refractivity contribution is 7.46. The van der Waals surface area contributed by atoms with E-state index in [0.717, 1.165) is 45.4 Å². The van der Waals surface area contributed by atoms with Gasteiger partial charge in [0.2, 0.25) is 11.9 Å². The highest BCUT2D eigenvalue weighted by atomic mass is 31.2. The Hall–Kier alpha value is -10.7. The van der Waals surface area contributed by atoms with Gasteiger partial charge in [-0.2, -0.15) is 40.2 Å². The molecule has 0 saturated carbocycles. The van der Waals surface area contributed by atoms with E-state index in [0.29, 0.717) is 123 Å². The number of alkyl halides is 8. The van der Waals surface area contributed by atoms with Crippen LogP contribution in [-0.4, -0.2) is 193 Å². The van der Waals surface area contributed by atoms with Gasteiger partial charge in [0.15, 0.2) is 5.78 Å². The summed E-state index contributed by atoms with van der Waals surface area (Å²) < 4.78 is 193. The molecule has 630 valence electrons. The van der Waals surface area contributed by atoms with Gasteiger partial charge in [-0.05, 0) is 119 Å². The van der Waals surface area contributed by atoms with Crippen LogP contribution in [0, 0.1) is 47.1 Å². The quantitative estimate of drug-likeness (QED) is 0.00485. The number of amides is 4. The Kier molecular flexibility index (Phi) is 27.3. The number of rotatable bonds is 32. The fourth-order valence-corrected chi connectivity index (χ4v) is 15.1.